The van der Waals surface area contributed by atoms with Crippen LogP contribution in [0, 0.1) is 5.82 Å². The Hall–Kier alpha value is -1.88. The van der Waals surface area contributed by atoms with Crippen LogP contribution in [0.25, 0.3) is 0 Å². The molecule has 0 unspecified atom stereocenters. The third kappa shape index (κ3) is 2.87. The minimum atomic E-state index is -3.57. The lowest BCUT2D eigenvalue weighted by Crippen LogP contribution is -2.05. The molecule has 0 bridgehead atoms. The van der Waals surface area contributed by atoms with Gasteiger partial charge in [-0.15, -0.1) is 0 Å². The van der Waals surface area contributed by atoms with Crippen molar-refractivity contribution >= 4 is 9.84 Å². The zero-order valence-electron chi connectivity index (χ0n) is 9.38. The average Bonchev–Trinajstić information content (AvgIpc) is 2.32. The fourth-order valence-corrected chi connectivity index (χ4v) is 2.93. The minimum Gasteiger partial charge on any atom is -0.508 e. The first-order valence-corrected chi connectivity index (χ1v) is 6.89. The summed E-state index contributed by atoms with van der Waals surface area (Å²) in [6.45, 7) is 0. The van der Waals surface area contributed by atoms with E-state index in [0.29, 0.717) is 5.56 Å². The van der Waals surface area contributed by atoms with Gasteiger partial charge in [-0.3, -0.25) is 0 Å². The molecular weight excluding hydrogens is 255 g/mol. The zero-order chi connectivity index (χ0) is 13.2. The lowest BCUT2D eigenvalue weighted by atomic mass is 10.2. The Morgan fingerprint density at radius 2 is 1.72 bits per heavy atom. The van der Waals surface area contributed by atoms with Crippen LogP contribution in [-0.2, 0) is 15.6 Å². The Morgan fingerprint density at radius 3 is 2.33 bits per heavy atom. The van der Waals surface area contributed by atoms with Gasteiger partial charge in [-0.2, -0.15) is 0 Å². The van der Waals surface area contributed by atoms with Crippen LogP contribution in [0.3, 0.4) is 0 Å². The van der Waals surface area contributed by atoms with Gasteiger partial charge in [-0.25, -0.2) is 12.8 Å². The van der Waals surface area contributed by atoms with Crippen molar-refractivity contribution in [3.8, 4) is 5.75 Å². The molecule has 0 amide bonds. The van der Waals surface area contributed by atoms with Crippen molar-refractivity contribution in [2.45, 2.75) is 10.6 Å². The van der Waals surface area contributed by atoms with Crippen LogP contribution < -0.4 is 0 Å². The van der Waals surface area contributed by atoms with E-state index in [1.807, 2.05) is 0 Å². The predicted octanol–water partition coefficient (Wildman–Crippen LogP) is 2.51. The number of phenolic OH excluding ortho intramolecular Hbond substituents is 1. The molecule has 0 fully saturated rings. The first kappa shape index (κ1) is 12.6. The second-order valence-corrected chi connectivity index (χ2v) is 5.87. The molecule has 3 nitrogen and oxygen atoms in total. The first-order chi connectivity index (χ1) is 8.47. The standard InChI is InChI=1S/C13H11FO3S/c14-11-2-1-3-13(8-11)18(16,17)9-10-4-6-12(15)7-5-10/h1-8,15H,9H2. The van der Waals surface area contributed by atoms with Gasteiger partial charge in [-0.1, -0.05) is 18.2 Å². The van der Waals surface area contributed by atoms with E-state index in [1.54, 1.807) is 0 Å². The SMILES string of the molecule is O=S(=O)(Cc1ccc(O)cc1)c1cccc(F)c1. The van der Waals surface area contributed by atoms with Gasteiger partial charge in [0.25, 0.3) is 0 Å². The van der Waals surface area contributed by atoms with Crippen molar-refractivity contribution in [3.63, 3.8) is 0 Å². The molecule has 2 rings (SSSR count). The highest BCUT2D eigenvalue weighted by Crippen LogP contribution is 2.18. The topological polar surface area (TPSA) is 54.4 Å². The van der Waals surface area contributed by atoms with E-state index >= 15 is 0 Å². The number of phenols is 1. The molecule has 18 heavy (non-hydrogen) atoms. The fourth-order valence-electron chi connectivity index (χ4n) is 1.56. The molecule has 0 saturated heterocycles. The highest BCUT2D eigenvalue weighted by atomic mass is 32.2. The fraction of sp³-hybridized carbons (Fsp3) is 0.0769. The number of aromatic hydroxyl groups is 1. The summed E-state index contributed by atoms with van der Waals surface area (Å²) in [5.41, 5.74) is 0.539. The van der Waals surface area contributed by atoms with Crippen LogP contribution in [0.1, 0.15) is 5.56 Å². The molecular formula is C13H11FO3S. The number of benzene rings is 2. The summed E-state index contributed by atoms with van der Waals surface area (Å²) in [6, 6.07) is 10.8. The van der Waals surface area contributed by atoms with Crippen LogP contribution in [0.4, 0.5) is 4.39 Å². The number of hydrogen-bond acceptors (Lipinski definition) is 3. The number of halogens is 1. The highest BCUT2D eigenvalue weighted by Gasteiger charge is 2.15. The van der Waals surface area contributed by atoms with Gasteiger partial charge in [0.05, 0.1) is 10.6 Å². The summed E-state index contributed by atoms with van der Waals surface area (Å²) in [4.78, 5) is -0.0458. The van der Waals surface area contributed by atoms with Gasteiger partial charge >= 0.3 is 0 Å². The lowest BCUT2D eigenvalue weighted by Gasteiger charge is -2.05. The van der Waals surface area contributed by atoms with Crippen molar-refractivity contribution < 1.29 is 17.9 Å². The first-order valence-electron chi connectivity index (χ1n) is 5.24. The summed E-state index contributed by atoms with van der Waals surface area (Å²) < 4.78 is 37.0. The van der Waals surface area contributed by atoms with Crippen LogP contribution in [-0.4, -0.2) is 13.5 Å². The van der Waals surface area contributed by atoms with Gasteiger partial charge in [0, 0.05) is 0 Å². The van der Waals surface area contributed by atoms with Crippen molar-refractivity contribution in [1.82, 2.24) is 0 Å². The summed E-state index contributed by atoms with van der Waals surface area (Å²) in [5.74, 6) is -0.736. The average molecular weight is 266 g/mol. The molecule has 0 heterocycles. The van der Waals surface area contributed by atoms with Crippen LogP contribution in [0.2, 0.25) is 0 Å². The van der Waals surface area contributed by atoms with Crippen molar-refractivity contribution in [2.75, 3.05) is 0 Å². The van der Waals surface area contributed by atoms with E-state index in [4.69, 9.17) is 5.11 Å². The molecule has 1 N–H and O–H groups in total. The number of sulfone groups is 1. The molecule has 0 atom stereocenters. The molecule has 0 aliphatic heterocycles. The molecule has 2 aromatic rings. The highest BCUT2D eigenvalue weighted by molar-refractivity contribution is 7.90. The van der Waals surface area contributed by atoms with Gasteiger partial charge in [-0.05, 0) is 35.9 Å². The molecule has 94 valence electrons. The van der Waals surface area contributed by atoms with Crippen molar-refractivity contribution in [1.29, 1.82) is 0 Å². The maximum atomic E-state index is 13.0. The normalized spacial score (nSPS) is 11.4. The minimum absolute atomic E-state index is 0.0458. The third-order valence-corrected chi connectivity index (χ3v) is 4.13. The molecule has 0 saturated carbocycles. The van der Waals surface area contributed by atoms with E-state index in [9.17, 15) is 12.8 Å². The Kier molecular flexibility index (Phi) is 3.34. The molecule has 0 radical (unpaired) electrons. The summed E-state index contributed by atoms with van der Waals surface area (Å²) in [7, 11) is -3.57. The lowest BCUT2D eigenvalue weighted by molar-refractivity contribution is 0.475. The van der Waals surface area contributed by atoms with E-state index in [0.717, 1.165) is 6.07 Å². The maximum Gasteiger partial charge on any atom is 0.182 e. The molecule has 0 aliphatic rings. The Bertz CT molecular complexity index is 648. The second kappa shape index (κ2) is 4.78. The molecule has 0 aliphatic carbocycles. The van der Waals surface area contributed by atoms with Crippen molar-refractivity contribution in [2.24, 2.45) is 0 Å². The zero-order valence-corrected chi connectivity index (χ0v) is 10.2. The largest absolute Gasteiger partial charge is 0.508 e. The van der Waals surface area contributed by atoms with Gasteiger partial charge in [0.1, 0.15) is 11.6 Å². The smallest absolute Gasteiger partial charge is 0.182 e. The molecule has 5 heteroatoms. The van der Waals surface area contributed by atoms with E-state index in [1.165, 1.54) is 42.5 Å². The van der Waals surface area contributed by atoms with Crippen LogP contribution in [0.15, 0.2) is 53.4 Å². The van der Waals surface area contributed by atoms with Gasteiger partial charge < -0.3 is 5.11 Å². The van der Waals surface area contributed by atoms with Crippen LogP contribution in [0.5, 0.6) is 5.75 Å². The van der Waals surface area contributed by atoms with Crippen molar-refractivity contribution in [3.05, 3.63) is 59.9 Å². The quantitative estimate of drug-likeness (QED) is 0.928. The van der Waals surface area contributed by atoms with Gasteiger partial charge in [0.15, 0.2) is 9.84 Å². The summed E-state index contributed by atoms with van der Waals surface area (Å²) >= 11 is 0. The molecule has 2 aromatic carbocycles. The summed E-state index contributed by atoms with van der Waals surface area (Å²) in [6.07, 6.45) is 0. The van der Waals surface area contributed by atoms with Gasteiger partial charge in [0.2, 0.25) is 0 Å². The number of hydrogen-bond donors (Lipinski definition) is 1. The molecule has 0 aromatic heterocycles. The van der Waals surface area contributed by atoms with Crippen LogP contribution >= 0.6 is 0 Å². The predicted molar refractivity (Wildman–Crippen MR) is 65.4 cm³/mol. The second-order valence-electron chi connectivity index (χ2n) is 3.88. The van der Waals surface area contributed by atoms with E-state index in [2.05, 4.69) is 0 Å². The maximum absolute atomic E-state index is 13.0. The third-order valence-electron chi connectivity index (χ3n) is 2.45. The Balaban J connectivity index is 2.30. The monoisotopic (exact) mass is 266 g/mol. The van der Waals surface area contributed by atoms with E-state index in [-0.39, 0.29) is 16.4 Å². The molecule has 0 spiro atoms. The van der Waals surface area contributed by atoms with E-state index < -0.39 is 15.7 Å². The number of rotatable bonds is 3. The Morgan fingerprint density at radius 1 is 1.06 bits per heavy atom. The summed E-state index contributed by atoms with van der Waals surface area (Å²) in [5, 5.41) is 9.11. The Labute approximate surface area is 104 Å².